The van der Waals surface area contributed by atoms with E-state index in [0.29, 0.717) is 31.1 Å². The van der Waals surface area contributed by atoms with E-state index in [0.717, 1.165) is 50.6 Å². The number of pyridine rings is 1. The monoisotopic (exact) mass is 628 g/mol. The molecule has 2 aliphatic heterocycles. The molecule has 47 heavy (non-hydrogen) atoms. The van der Waals surface area contributed by atoms with Gasteiger partial charge in [-0.05, 0) is 81.3 Å². The fraction of sp³-hybridized carbons (Fsp3) is 0.368. The van der Waals surface area contributed by atoms with Crippen LogP contribution in [0.3, 0.4) is 0 Å². The number of benzene rings is 2. The van der Waals surface area contributed by atoms with Gasteiger partial charge in [-0.25, -0.2) is 4.98 Å². The third-order valence-corrected chi connectivity index (χ3v) is 9.57. The molecule has 5 aromatic rings. The first kappa shape index (κ1) is 30.9. The molecule has 2 N–H and O–H groups in total. The number of hydrogen-bond acceptors (Lipinski definition) is 7. The Morgan fingerprint density at radius 3 is 2.64 bits per heavy atom. The molecule has 5 heterocycles. The molecule has 2 saturated heterocycles. The van der Waals surface area contributed by atoms with Crippen LogP contribution in [0, 0.1) is 0 Å². The van der Waals surface area contributed by atoms with Crippen LogP contribution in [0.15, 0.2) is 79.1 Å². The van der Waals surface area contributed by atoms with Gasteiger partial charge >= 0.3 is 0 Å². The summed E-state index contributed by atoms with van der Waals surface area (Å²) in [7, 11) is 3.94. The van der Waals surface area contributed by atoms with Crippen molar-refractivity contribution in [3.05, 3.63) is 90.3 Å². The predicted octanol–water partition coefficient (Wildman–Crippen LogP) is 7.26. The fourth-order valence-electron chi connectivity index (χ4n) is 7.24. The maximum absolute atomic E-state index is 12.5. The molecular weight excluding hydrogens is 584 g/mol. The number of likely N-dealkylation sites (N-methyl/N-ethyl adjacent to an activating group) is 1. The molecule has 3 aromatic heterocycles. The van der Waals surface area contributed by atoms with Crippen LogP contribution in [0.5, 0.6) is 0 Å². The average Bonchev–Trinajstić information content (AvgIpc) is 3.60. The number of piperidine rings is 1. The van der Waals surface area contributed by atoms with Crippen LogP contribution in [0.2, 0.25) is 0 Å². The first-order valence-corrected chi connectivity index (χ1v) is 16.9. The van der Waals surface area contributed by atoms with Gasteiger partial charge in [0.2, 0.25) is 5.91 Å². The Morgan fingerprint density at radius 2 is 1.85 bits per heavy atom. The summed E-state index contributed by atoms with van der Waals surface area (Å²) in [5, 5.41) is 13.6. The van der Waals surface area contributed by atoms with Crippen LogP contribution < -0.4 is 15.5 Å². The van der Waals surface area contributed by atoms with Crippen molar-refractivity contribution in [1.82, 2.24) is 24.5 Å². The lowest BCUT2D eigenvalue weighted by Crippen LogP contribution is -2.40. The van der Waals surface area contributed by atoms with Gasteiger partial charge in [0.25, 0.3) is 0 Å². The predicted molar refractivity (Wildman–Crippen MR) is 191 cm³/mol. The minimum atomic E-state index is -0.143. The Bertz CT molecular complexity index is 1930. The number of nitrogens with one attached hydrogen (secondary N) is 2. The summed E-state index contributed by atoms with van der Waals surface area (Å²) >= 11 is 0. The molecule has 1 amide bonds. The van der Waals surface area contributed by atoms with E-state index in [1.165, 1.54) is 37.7 Å². The van der Waals surface area contributed by atoms with E-state index in [4.69, 9.17) is 15.1 Å². The molecule has 2 fully saturated rings. The third kappa shape index (κ3) is 6.32. The van der Waals surface area contributed by atoms with Crippen LogP contribution >= 0.6 is 0 Å². The van der Waals surface area contributed by atoms with Crippen LogP contribution in [-0.2, 0) is 11.3 Å². The van der Waals surface area contributed by atoms with Crippen molar-refractivity contribution in [3.63, 3.8) is 0 Å². The third-order valence-electron chi connectivity index (χ3n) is 9.57. The number of nitrogens with zero attached hydrogens (tertiary/aromatic N) is 6. The van der Waals surface area contributed by atoms with Gasteiger partial charge in [-0.1, -0.05) is 50.3 Å². The van der Waals surface area contributed by atoms with Crippen LogP contribution in [0.4, 0.5) is 17.3 Å². The molecule has 9 nitrogen and oxygen atoms in total. The van der Waals surface area contributed by atoms with E-state index < -0.39 is 0 Å². The summed E-state index contributed by atoms with van der Waals surface area (Å²) in [6.07, 6.45) is 13.6. The summed E-state index contributed by atoms with van der Waals surface area (Å²) < 4.78 is 1.97. The van der Waals surface area contributed by atoms with Crippen molar-refractivity contribution in [2.24, 2.45) is 0 Å². The molecule has 2 atom stereocenters. The van der Waals surface area contributed by atoms with Gasteiger partial charge in [0.1, 0.15) is 11.6 Å². The number of anilines is 3. The zero-order valence-corrected chi connectivity index (χ0v) is 27.8. The van der Waals surface area contributed by atoms with E-state index in [1.54, 1.807) is 6.08 Å². The highest BCUT2D eigenvalue weighted by Gasteiger charge is 2.37. The SMILES string of the molecule is CC(C)c1cnn2c(NCc3ccccc3-c3nccc4cc(NC(=O)/C=C/CN(C)C)ccc34)cc(N3C4CCC[C@@H]3CC4)nc12. The molecule has 0 spiro atoms. The second-order valence-electron chi connectivity index (χ2n) is 13.5. The maximum Gasteiger partial charge on any atom is 0.248 e. The largest absolute Gasteiger partial charge is 0.366 e. The summed E-state index contributed by atoms with van der Waals surface area (Å²) in [5.74, 6) is 2.20. The second kappa shape index (κ2) is 13.2. The van der Waals surface area contributed by atoms with E-state index >= 15 is 0 Å². The van der Waals surface area contributed by atoms with Crippen molar-refractivity contribution >= 4 is 39.6 Å². The molecule has 242 valence electrons. The topological polar surface area (TPSA) is 90.7 Å². The molecular formula is C38H44N8O. The zero-order chi connectivity index (χ0) is 32.5. The average molecular weight is 629 g/mol. The lowest BCUT2D eigenvalue weighted by atomic mass is 9.99. The Balaban J connectivity index is 1.18. The highest BCUT2D eigenvalue weighted by Crippen LogP contribution is 2.40. The molecule has 2 bridgehead atoms. The van der Waals surface area contributed by atoms with Gasteiger partial charge in [-0.3, -0.25) is 9.78 Å². The summed E-state index contributed by atoms with van der Waals surface area (Å²) in [5.41, 5.74) is 5.97. The van der Waals surface area contributed by atoms with E-state index in [9.17, 15) is 4.79 Å². The smallest absolute Gasteiger partial charge is 0.248 e. The van der Waals surface area contributed by atoms with Gasteiger partial charge in [0.15, 0.2) is 5.65 Å². The van der Waals surface area contributed by atoms with E-state index in [2.05, 4.69) is 59.7 Å². The molecule has 0 radical (unpaired) electrons. The minimum Gasteiger partial charge on any atom is -0.366 e. The second-order valence-corrected chi connectivity index (χ2v) is 13.5. The number of amides is 1. The molecule has 9 heteroatoms. The Hall–Kier alpha value is -4.76. The number of rotatable bonds is 10. The van der Waals surface area contributed by atoms with Crippen LogP contribution in [-0.4, -0.2) is 63.1 Å². The summed E-state index contributed by atoms with van der Waals surface area (Å²) in [6, 6.07) is 19.8. The minimum absolute atomic E-state index is 0.143. The van der Waals surface area contributed by atoms with Gasteiger partial charge in [-0.2, -0.15) is 9.61 Å². The highest BCUT2D eigenvalue weighted by atomic mass is 16.1. The summed E-state index contributed by atoms with van der Waals surface area (Å²) in [4.78, 5) is 27.1. The van der Waals surface area contributed by atoms with Crippen molar-refractivity contribution in [3.8, 4) is 11.3 Å². The van der Waals surface area contributed by atoms with Gasteiger partial charge in [0, 0.05) is 65.7 Å². The van der Waals surface area contributed by atoms with Crippen LogP contribution in [0.1, 0.15) is 63.0 Å². The standard InChI is InChI=1S/C38H44N8O/c1-25(2)33-24-41-46-34(22-35(43-38(33)46)45-29-10-7-11-30(45)16-15-29)40-23-27-9-5-6-12-31(27)37-32-17-14-28(21-26(32)18-19-39-37)42-36(47)13-8-20-44(3)4/h5-6,8-9,12-14,17-19,21-22,24-25,29-30,40H,7,10-11,15-16,20,23H2,1-4H3,(H,42,47)/b13-8+/t29-,30?/m1/s1. The maximum atomic E-state index is 12.5. The number of hydrogen-bond donors (Lipinski definition) is 2. The quantitative estimate of drug-likeness (QED) is 0.157. The van der Waals surface area contributed by atoms with Crippen molar-refractivity contribution in [2.45, 2.75) is 70.5 Å². The van der Waals surface area contributed by atoms with Crippen molar-refractivity contribution in [2.75, 3.05) is 36.2 Å². The fourth-order valence-corrected chi connectivity index (χ4v) is 7.24. The molecule has 1 unspecified atom stereocenters. The number of fused-ring (bicyclic) bond motifs is 4. The van der Waals surface area contributed by atoms with E-state index in [1.807, 2.05) is 66.2 Å². The number of carbonyl (C=O) groups excluding carboxylic acids is 1. The van der Waals surface area contributed by atoms with Crippen LogP contribution in [0.25, 0.3) is 27.7 Å². The molecule has 2 aromatic carbocycles. The molecule has 2 aliphatic rings. The first-order valence-electron chi connectivity index (χ1n) is 16.9. The lowest BCUT2D eigenvalue weighted by molar-refractivity contribution is -0.111. The Labute approximate surface area is 276 Å². The highest BCUT2D eigenvalue weighted by molar-refractivity contribution is 6.02. The van der Waals surface area contributed by atoms with Gasteiger partial charge < -0.3 is 20.4 Å². The Kier molecular flexibility index (Phi) is 8.64. The summed E-state index contributed by atoms with van der Waals surface area (Å²) in [6.45, 7) is 5.72. The van der Waals surface area contributed by atoms with E-state index in [-0.39, 0.29) is 5.91 Å². The van der Waals surface area contributed by atoms with Gasteiger partial charge in [-0.15, -0.1) is 0 Å². The molecule has 7 rings (SSSR count). The zero-order valence-electron chi connectivity index (χ0n) is 27.8. The first-order chi connectivity index (χ1) is 22.9. The van der Waals surface area contributed by atoms with Crippen molar-refractivity contribution in [1.29, 1.82) is 0 Å². The normalized spacial score (nSPS) is 17.9. The van der Waals surface area contributed by atoms with Crippen molar-refractivity contribution < 1.29 is 4.79 Å². The Morgan fingerprint density at radius 1 is 1.04 bits per heavy atom. The number of aromatic nitrogens is 4. The number of carbonyl (C=O) groups is 1. The molecule has 0 aliphatic carbocycles. The van der Waals surface area contributed by atoms with Gasteiger partial charge in [0.05, 0.1) is 11.9 Å². The lowest BCUT2D eigenvalue weighted by Gasteiger charge is -2.36. The molecule has 0 saturated carbocycles.